The predicted molar refractivity (Wildman–Crippen MR) is 55.2 cm³/mol. The molecule has 0 amide bonds. The number of aryl methyl sites for hydroxylation is 1. The van der Waals surface area contributed by atoms with Crippen LogP contribution in [0.1, 0.15) is 30.6 Å². The lowest BCUT2D eigenvalue weighted by Crippen LogP contribution is -2.42. The number of ether oxygens (including phenoxy) is 1. The average Bonchev–Trinajstić information content (AvgIpc) is 2.67. The van der Waals surface area contributed by atoms with Crippen LogP contribution < -0.4 is 5.73 Å². The minimum Gasteiger partial charge on any atom is -0.381 e. The van der Waals surface area contributed by atoms with Gasteiger partial charge in [0.1, 0.15) is 10.8 Å². The zero-order valence-corrected chi connectivity index (χ0v) is 9.14. The molecule has 78 valence electrons. The molecule has 2 N–H and O–H groups in total. The Hall–Kier alpha value is -0.520. The van der Waals surface area contributed by atoms with Gasteiger partial charge in [-0.05, 0) is 24.4 Å². The first kappa shape index (κ1) is 10.0. The number of hydrogen-bond donors (Lipinski definition) is 1. The minimum atomic E-state index is -0.288. The van der Waals surface area contributed by atoms with Crippen molar-refractivity contribution in [3.05, 3.63) is 10.8 Å². The van der Waals surface area contributed by atoms with Gasteiger partial charge in [0.25, 0.3) is 0 Å². The highest BCUT2D eigenvalue weighted by atomic mass is 32.1. The third-order valence-corrected chi connectivity index (χ3v) is 3.57. The van der Waals surface area contributed by atoms with Crippen LogP contribution in [0.2, 0.25) is 0 Å². The number of nitrogens with zero attached hydrogens (tertiary/aromatic N) is 2. The Labute approximate surface area is 87.7 Å². The molecule has 0 aromatic carbocycles. The van der Waals surface area contributed by atoms with E-state index in [1.807, 2.05) is 0 Å². The molecule has 1 aliphatic rings. The van der Waals surface area contributed by atoms with Gasteiger partial charge < -0.3 is 10.5 Å². The summed E-state index contributed by atoms with van der Waals surface area (Å²) in [6.45, 7) is 3.52. The summed E-state index contributed by atoms with van der Waals surface area (Å²) in [6, 6.07) is 0. The van der Waals surface area contributed by atoms with Gasteiger partial charge >= 0.3 is 0 Å². The van der Waals surface area contributed by atoms with Crippen molar-refractivity contribution >= 4 is 11.5 Å². The molecular weight excluding hydrogens is 198 g/mol. The lowest BCUT2D eigenvalue weighted by molar-refractivity contribution is 0.0521. The first-order chi connectivity index (χ1) is 6.74. The molecule has 0 atom stereocenters. The number of rotatable bonds is 2. The highest BCUT2D eigenvalue weighted by Crippen LogP contribution is 2.30. The van der Waals surface area contributed by atoms with Crippen molar-refractivity contribution in [2.75, 3.05) is 13.2 Å². The quantitative estimate of drug-likeness (QED) is 0.798. The predicted octanol–water partition coefficient (Wildman–Crippen LogP) is 1.06. The van der Waals surface area contributed by atoms with Crippen LogP contribution in [0.4, 0.5) is 0 Å². The fourth-order valence-electron chi connectivity index (χ4n) is 1.55. The van der Waals surface area contributed by atoms with Gasteiger partial charge in [0.15, 0.2) is 0 Å². The third kappa shape index (κ3) is 1.80. The van der Waals surface area contributed by atoms with E-state index in [4.69, 9.17) is 10.5 Å². The van der Waals surface area contributed by atoms with Crippen molar-refractivity contribution in [3.8, 4) is 0 Å². The topological polar surface area (TPSA) is 61.0 Å². The van der Waals surface area contributed by atoms with E-state index in [-0.39, 0.29) is 5.54 Å². The summed E-state index contributed by atoms with van der Waals surface area (Å²) < 4.78 is 9.56. The summed E-state index contributed by atoms with van der Waals surface area (Å²) >= 11 is 1.44. The highest BCUT2D eigenvalue weighted by molar-refractivity contribution is 7.05. The van der Waals surface area contributed by atoms with Crippen molar-refractivity contribution in [2.45, 2.75) is 31.7 Å². The van der Waals surface area contributed by atoms with Gasteiger partial charge in [-0.25, -0.2) is 4.98 Å². The minimum absolute atomic E-state index is 0.288. The van der Waals surface area contributed by atoms with Gasteiger partial charge in [-0.15, -0.1) is 0 Å². The molecule has 2 rings (SSSR count). The SMILES string of the molecule is CCc1nsc(C2(N)CCOCC2)n1. The second-order valence-corrected chi connectivity index (χ2v) is 4.39. The van der Waals surface area contributed by atoms with Gasteiger partial charge in [-0.2, -0.15) is 4.37 Å². The largest absolute Gasteiger partial charge is 0.381 e. The molecule has 0 aliphatic carbocycles. The Bertz CT molecular complexity index is 307. The second kappa shape index (κ2) is 3.92. The van der Waals surface area contributed by atoms with E-state index in [9.17, 15) is 0 Å². The van der Waals surface area contributed by atoms with Crippen LogP contribution >= 0.6 is 11.5 Å². The van der Waals surface area contributed by atoms with Gasteiger partial charge in [0.05, 0.1) is 5.54 Å². The molecule has 0 radical (unpaired) electrons. The monoisotopic (exact) mass is 213 g/mol. The maximum atomic E-state index is 6.28. The molecule has 1 saturated heterocycles. The molecule has 0 unspecified atom stereocenters. The lowest BCUT2D eigenvalue weighted by Gasteiger charge is -2.30. The molecule has 1 aromatic rings. The summed E-state index contributed by atoms with van der Waals surface area (Å²) in [6.07, 6.45) is 2.58. The Morgan fingerprint density at radius 2 is 2.21 bits per heavy atom. The molecule has 0 spiro atoms. The average molecular weight is 213 g/mol. The smallest absolute Gasteiger partial charge is 0.142 e. The second-order valence-electron chi connectivity index (χ2n) is 3.64. The Morgan fingerprint density at radius 3 is 2.79 bits per heavy atom. The first-order valence-electron chi connectivity index (χ1n) is 4.94. The van der Waals surface area contributed by atoms with Crippen molar-refractivity contribution in [1.82, 2.24) is 9.36 Å². The number of hydrogen-bond acceptors (Lipinski definition) is 5. The zero-order chi connectivity index (χ0) is 10.0. The lowest BCUT2D eigenvalue weighted by atomic mass is 9.92. The molecule has 1 aromatic heterocycles. The van der Waals surface area contributed by atoms with Crippen LogP contribution in [0.3, 0.4) is 0 Å². The molecule has 0 bridgehead atoms. The van der Waals surface area contributed by atoms with Crippen molar-refractivity contribution in [3.63, 3.8) is 0 Å². The van der Waals surface area contributed by atoms with Crippen LogP contribution in [-0.2, 0) is 16.7 Å². The van der Waals surface area contributed by atoms with Gasteiger partial charge in [0.2, 0.25) is 0 Å². The standard InChI is InChI=1S/C9H15N3OS/c1-2-7-11-8(14-12-7)9(10)3-5-13-6-4-9/h2-6,10H2,1H3. The van der Waals surface area contributed by atoms with E-state index in [0.29, 0.717) is 0 Å². The number of nitrogens with two attached hydrogens (primary N) is 1. The maximum Gasteiger partial charge on any atom is 0.142 e. The van der Waals surface area contributed by atoms with Gasteiger partial charge in [-0.1, -0.05) is 6.92 Å². The summed E-state index contributed by atoms with van der Waals surface area (Å²) in [5, 5.41) is 0.970. The summed E-state index contributed by atoms with van der Waals surface area (Å²) in [5.41, 5.74) is 5.99. The van der Waals surface area contributed by atoms with Crippen molar-refractivity contribution in [2.24, 2.45) is 5.73 Å². The van der Waals surface area contributed by atoms with E-state index in [1.54, 1.807) is 0 Å². The van der Waals surface area contributed by atoms with Crippen molar-refractivity contribution in [1.29, 1.82) is 0 Å². The molecular formula is C9H15N3OS. The van der Waals surface area contributed by atoms with E-state index in [1.165, 1.54) is 11.5 Å². The van der Waals surface area contributed by atoms with Crippen LogP contribution in [0.25, 0.3) is 0 Å². The van der Waals surface area contributed by atoms with E-state index >= 15 is 0 Å². The third-order valence-electron chi connectivity index (χ3n) is 2.60. The molecule has 5 heteroatoms. The fraction of sp³-hybridized carbons (Fsp3) is 0.778. The van der Waals surface area contributed by atoms with Gasteiger partial charge in [0, 0.05) is 19.6 Å². The summed E-state index contributed by atoms with van der Waals surface area (Å²) in [4.78, 5) is 4.45. The van der Waals surface area contributed by atoms with Crippen LogP contribution in [-0.4, -0.2) is 22.6 Å². The summed E-state index contributed by atoms with van der Waals surface area (Å²) in [7, 11) is 0. The van der Waals surface area contributed by atoms with Crippen molar-refractivity contribution < 1.29 is 4.74 Å². The fourth-order valence-corrected chi connectivity index (χ4v) is 2.44. The van der Waals surface area contributed by atoms with Crippen LogP contribution in [0.15, 0.2) is 0 Å². The molecule has 1 aliphatic heterocycles. The molecule has 14 heavy (non-hydrogen) atoms. The maximum absolute atomic E-state index is 6.28. The van der Waals surface area contributed by atoms with Gasteiger partial charge in [-0.3, -0.25) is 0 Å². The van der Waals surface area contributed by atoms with E-state index in [0.717, 1.165) is 43.3 Å². The first-order valence-corrected chi connectivity index (χ1v) is 5.71. The van der Waals surface area contributed by atoms with Crippen LogP contribution in [0.5, 0.6) is 0 Å². The Kier molecular flexibility index (Phi) is 2.80. The van der Waals surface area contributed by atoms with Crippen LogP contribution in [0, 0.1) is 0 Å². The molecule has 0 saturated carbocycles. The van der Waals surface area contributed by atoms with E-state index < -0.39 is 0 Å². The Balaban J connectivity index is 2.19. The Morgan fingerprint density at radius 1 is 1.50 bits per heavy atom. The molecule has 1 fully saturated rings. The highest BCUT2D eigenvalue weighted by Gasteiger charge is 2.33. The molecule has 2 heterocycles. The normalized spacial score (nSPS) is 21.0. The molecule has 4 nitrogen and oxygen atoms in total. The zero-order valence-electron chi connectivity index (χ0n) is 8.32. The number of aromatic nitrogens is 2. The summed E-state index contributed by atoms with van der Waals surface area (Å²) in [5.74, 6) is 0.904. The van der Waals surface area contributed by atoms with E-state index in [2.05, 4.69) is 16.3 Å².